The Labute approximate surface area is 138 Å². The van der Waals surface area contributed by atoms with E-state index >= 15 is 0 Å². The number of aromatic nitrogens is 1. The fourth-order valence-corrected chi connectivity index (χ4v) is 1.83. The average molecular weight is 334 g/mol. The fourth-order valence-electron chi connectivity index (χ4n) is 1.71. The van der Waals surface area contributed by atoms with Gasteiger partial charge in [0.2, 0.25) is 0 Å². The number of hydrogen-bond acceptors (Lipinski definition) is 4. The third kappa shape index (κ3) is 5.96. The molecular weight excluding hydrogens is 318 g/mol. The molecule has 0 spiro atoms. The summed E-state index contributed by atoms with van der Waals surface area (Å²) < 4.78 is 5.30. The molecule has 0 saturated heterocycles. The molecule has 0 aliphatic carbocycles. The van der Waals surface area contributed by atoms with Crippen LogP contribution in [0.2, 0.25) is 5.02 Å². The van der Waals surface area contributed by atoms with Crippen molar-refractivity contribution in [1.29, 1.82) is 0 Å². The fraction of sp³-hybridized carbons (Fsp3) is 0.188. The van der Waals surface area contributed by atoms with Gasteiger partial charge in [-0.2, -0.15) is 0 Å². The molecule has 23 heavy (non-hydrogen) atoms. The van der Waals surface area contributed by atoms with E-state index in [9.17, 15) is 9.59 Å². The largest absolute Gasteiger partial charge is 0.484 e. The molecule has 7 heteroatoms. The van der Waals surface area contributed by atoms with Crippen LogP contribution in [0, 0.1) is 0 Å². The van der Waals surface area contributed by atoms with E-state index < -0.39 is 0 Å². The molecule has 0 unspecified atom stereocenters. The van der Waals surface area contributed by atoms with Gasteiger partial charge in [-0.1, -0.05) is 11.6 Å². The van der Waals surface area contributed by atoms with Crippen LogP contribution in [0.5, 0.6) is 5.75 Å². The summed E-state index contributed by atoms with van der Waals surface area (Å²) >= 11 is 5.76. The topological polar surface area (TPSA) is 80.3 Å². The first-order chi connectivity index (χ1) is 11.1. The predicted molar refractivity (Wildman–Crippen MR) is 86.5 cm³/mol. The van der Waals surface area contributed by atoms with Crippen LogP contribution >= 0.6 is 11.6 Å². The van der Waals surface area contributed by atoms with Gasteiger partial charge in [-0.25, -0.2) is 0 Å². The molecule has 0 atom stereocenters. The Kier molecular flexibility index (Phi) is 6.38. The van der Waals surface area contributed by atoms with Gasteiger partial charge in [-0.05, 0) is 36.4 Å². The minimum absolute atomic E-state index is 0.0990. The van der Waals surface area contributed by atoms with E-state index in [1.165, 1.54) is 6.20 Å². The molecule has 2 amide bonds. The Hall–Kier alpha value is -2.60. The summed E-state index contributed by atoms with van der Waals surface area (Å²) in [5.74, 6) is 0.0646. The lowest BCUT2D eigenvalue weighted by Gasteiger charge is -2.08. The second kappa shape index (κ2) is 8.75. The van der Waals surface area contributed by atoms with Gasteiger partial charge in [0.15, 0.2) is 6.61 Å². The number of nitrogens with zero attached hydrogens (tertiary/aromatic N) is 1. The van der Waals surface area contributed by atoms with E-state index in [0.717, 1.165) is 0 Å². The van der Waals surface area contributed by atoms with Gasteiger partial charge in [0.05, 0.1) is 5.56 Å². The third-order valence-electron chi connectivity index (χ3n) is 2.84. The SMILES string of the molecule is O=C(COc1ccc(Cl)cc1)NCCNC(=O)c1cccnc1. The van der Waals surface area contributed by atoms with Gasteiger partial charge in [-0.3, -0.25) is 14.6 Å². The van der Waals surface area contributed by atoms with Crippen molar-refractivity contribution in [2.24, 2.45) is 0 Å². The summed E-state index contributed by atoms with van der Waals surface area (Å²) in [5.41, 5.74) is 0.477. The van der Waals surface area contributed by atoms with E-state index in [4.69, 9.17) is 16.3 Å². The van der Waals surface area contributed by atoms with Crippen molar-refractivity contribution in [3.63, 3.8) is 0 Å². The predicted octanol–water partition coefficient (Wildman–Crippen LogP) is 1.66. The molecule has 1 heterocycles. The first-order valence-electron chi connectivity index (χ1n) is 6.98. The lowest BCUT2D eigenvalue weighted by Crippen LogP contribution is -2.36. The number of amides is 2. The summed E-state index contributed by atoms with van der Waals surface area (Å²) in [6.07, 6.45) is 3.07. The van der Waals surface area contributed by atoms with Gasteiger partial charge in [0.25, 0.3) is 11.8 Å². The highest BCUT2D eigenvalue weighted by atomic mass is 35.5. The average Bonchev–Trinajstić information content (AvgIpc) is 2.59. The van der Waals surface area contributed by atoms with E-state index in [1.807, 2.05) is 0 Å². The number of nitrogens with one attached hydrogen (secondary N) is 2. The molecule has 2 N–H and O–H groups in total. The van der Waals surface area contributed by atoms with Crippen molar-refractivity contribution in [3.05, 3.63) is 59.4 Å². The van der Waals surface area contributed by atoms with Crippen LogP contribution in [0.25, 0.3) is 0 Å². The van der Waals surface area contributed by atoms with E-state index in [-0.39, 0.29) is 18.4 Å². The van der Waals surface area contributed by atoms with E-state index in [2.05, 4.69) is 15.6 Å². The number of carbonyl (C=O) groups excluding carboxylic acids is 2. The highest BCUT2D eigenvalue weighted by Crippen LogP contribution is 2.15. The minimum Gasteiger partial charge on any atom is -0.484 e. The van der Waals surface area contributed by atoms with Crippen LogP contribution in [-0.4, -0.2) is 36.5 Å². The molecule has 0 saturated carbocycles. The Balaban J connectivity index is 1.61. The van der Waals surface area contributed by atoms with Crippen molar-refractivity contribution >= 4 is 23.4 Å². The molecule has 120 valence electrons. The monoisotopic (exact) mass is 333 g/mol. The first kappa shape index (κ1) is 16.8. The van der Waals surface area contributed by atoms with E-state index in [1.54, 1.807) is 42.6 Å². The molecule has 2 rings (SSSR count). The maximum atomic E-state index is 11.7. The van der Waals surface area contributed by atoms with Gasteiger partial charge >= 0.3 is 0 Å². The number of ether oxygens (including phenoxy) is 1. The van der Waals surface area contributed by atoms with E-state index in [0.29, 0.717) is 29.4 Å². The second-order valence-electron chi connectivity index (χ2n) is 4.59. The molecule has 6 nitrogen and oxygen atoms in total. The Morgan fingerprint density at radius 2 is 1.83 bits per heavy atom. The second-order valence-corrected chi connectivity index (χ2v) is 5.03. The molecule has 0 aliphatic rings. The highest BCUT2D eigenvalue weighted by molar-refractivity contribution is 6.30. The van der Waals surface area contributed by atoms with Crippen molar-refractivity contribution in [2.45, 2.75) is 0 Å². The summed E-state index contributed by atoms with van der Waals surface area (Å²) in [5, 5.41) is 5.94. The number of halogens is 1. The number of carbonyl (C=O) groups is 2. The highest BCUT2D eigenvalue weighted by Gasteiger charge is 2.05. The quantitative estimate of drug-likeness (QED) is 0.755. The standard InChI is InChI=1S/C16H16ClN3O3/c17-13-3-5-14(6-4-13)23-11-15(21)19-8-9-20-16(22)12-2-1-7-18-10-12/h1-7,10H,8-9,11H2,(H,19,21)(H,20,22). The zero-order chi connectivity index (χ0) is 16.5. The first-order valence-corrected chi connectivity index (χ1v) is 7.36. The van der Waals surface area contributed by atoms with Crippen molar-refractivity contribution < 1.29 is 14.3 Å². The molecule has 0 aliphatic heterocycles. The molecule has 0 radical (unpaired) electrons. The van der Waals surface area contributed by atoms with Crippen molar-refractivity contribution in [2.75, 3.05) is 19.7 Å². The smallest absolute Gasteiger partial charge is 0.258 e. The van der Waals surface area contributed by atoms with Gasteiger partial charge in [-0.15, -0.1) is 0 Å². The molecule has 2 aromatic rings. The van der Waals surface area contributed by atoms with Crippen molar-refractivity contribution in [1.82, 2.24) is 15.6 Å². The summed E-state index contributed by atoms with van der Waals surface area (Å²) in [6, 6.07) is 10.1. The molecule has 1 aromatic carbocycles. The number of hydrogen-bond donors (Lipinski definition) is 2. The number of rotatable bonds is 7. The molecule has 0 fully saturated rings. The summed E-state index contributed by atoms with van der Waals surface area (Å²) in [6.45, 7) is 0.535. The van der Waals surface area contributed by atoms with Crippen LogP contribution in [0.1, 0.15) is 10.4 Å². The van der Waals surface area contributed by atoms with Gasteiger partial charge in [0, 0.05) is 30.5 Å². The Morgan fingerprint density at radius 1 is 1.09 bits per heavy atom. The molecule has 0 bridgehead atoms. The maximum absolute atomic E-state index is 11.7. The summed E-state index contributed by atoms with van der Waals surface area (Å²) in [7, 11) is 0. The van der Waals surface area contributed by atoms with Crippen molar-refractivity contribution in [3.8, 4) is 5.75 Å². The summed E-state index contributed by atoms with van der Waals surface area (Å²) in [4.78, 5) is 27.2. The lowest BCUT2D eigenvalue weighted by molar-refractivity contribution is -0.123. The normalized spacial score (nSPS) is 9.96. The number of benzene rings is 1. The Morgan fingerprint density at radius 3 is 2.52 bits per heavy atom. The molecule has 1 aromatic heterocycles. The van der Waals surface area contributed by atoms with Crippen LogP contribution in [0.3, 0.4) is 0 Å². The zero-order valence-electron chi connectivity index (χ0n) is 12.3. The molecular formula is C16H16ClN3O3. The minimum atomic E-state index is -0.268. The van der Waals surface area contributed by atoms with Crippen LogP contribution in [0.15, 0.2) is 48.8 Å². The van der Waals surface area contributed by atoms with Crippen LogP contribution in [-0.2, 0) is 4.79 Å². The lowest BCUT2D eigenvalue weighted by atomic mass is 10.3. The van der Waals surface area contributed by atoms with Gasteiger partial charge < -0.3 is 15.4 Å². The maximum Gasteiger partial charge on any atom is 0.258 e. The zero-order valence-corrected chi connectivity index (χ0v) is 13.0. The number of pyridine rings is 1. The van der Waals surface area contributed by atoms with Crippen LogP contribution < -0.4 is 15.4 Å². The third-order valence-corrected chi connectivity index (χ3v) is 3.09. The van der Waals surface area contributed by atoms with Crippen LogP contribution in [0.4, 0.5) is 0 Å². The Bertz CT molecular complexity index is 647. The van der Waals surface area contributed by atoms with Gasteiger partial charge in [0.1, 0.15) is 5.75 Å².